The Labute approximate surface area is 172 Å². The molecule has 7 nitrogen and oxygen atoms in total. The van der Waals surface area contributed by atoms with Crippen molar-refractivity contribution in [3.63, 3.8) is 0 Å². The predicted molar refractivity (Wildman–Crippen MR) is 109 cm³/mol. The summed E-state index contributed by atoms with van der Waals surface area (Å²) in [6.45, 7) is 0.518. The number of nitrogens with one attached hydrogen (secondary N) is 2. The molecule has 2 heterocycles. The number of rotatable bonds is 8. The van der Waals surface area contributed by atoms with Crippen LogP contribution >= 0.6 is 0 Å². The number of carbonyl (C=O) groups excluding carboxylic acids is 2. The molecule has 0 saturated heterocycles. The fourth-order valence-electron chi connectivity index (χ4n) is 2.43. The number of aromatic nitrogens is 2. The summed E-state index contributed by atoms with van der Waals surface area (Å²) in [5, 5.41) is 5.31. The number of halogens is 1. The summed E-state index contributed by atoms with van der Waals surface area (Å²) < 4.78 is 19.6. The van der Waals surface area contributed by atoms with Gasteiger partial charge in [0.15, 0.2) is 11.6 Å². The van der Waals surface area contributed by atoms with Crippen LogP contribution in [0.1, 0.15) is 15.9 Å². The van der Waals surface area contributed by atoms with Crippen molar-refractivity contribution in [1.82, 2.24) is 20.6 Å². The molecule has 0 atom stereocenters. The molecule has 30 heavy (non-hydrogen) atoms. The van der Waals surface area contributed by atoms with Crippen LogP contribution in [0.3, 0.4) is 0 Å². The van der Waals surface area contributed by atoms with Gasteiger partial charge in [-0.25, -0.2) is 4.39 Å². The number of pyridine rings is 2. The standard InChI is InChI=1S/C22H19FN4O3/c23-19-13-16(5-7-20(19)30-18-4-2-10-25-15-18)6-8-21(28)26-11-12-27-22(29)17-3-1-9-24-14-17/h1-10,13-15H,11-12H2,(H,26,28)(H,27,29)/b8-6+. The maximum atomic E-state index is 14.2. The lowest BCUT2D eigenvalue weighted by Crippen LogP contribution is -2.34. The van der Waals surface area contributed by atoms with Crippen molar-refractivity contribution >= 4 is 17.9 Å². The third-order valence-corrected chi connectivity index (χ3v) is 3.88. The molecule has 0 aliphatic heterocycles. The quantitative estimate of drug-likeness (QED) is 0.443. The Morgan fingerprint density at radius 1 is 1.00 bits per heavy atom. The third-order valence-electron chi connectivity index (χ3n) is 3.88. The summed E-state index contributed by atoms with van der Waals surface area (Å²) in [6.07, 6.45) is 8.90. The predicted octanol–water partition coefficient (Wildman–Crippen LogP) is 2.97. The minimum atomic E-state index is -0.556. The van der Waals surface area contributed by atoms with Crippen LogP contribution in [0.25, 0.3) is 6.08 Å². The second-order valence-corrected chi connectivity index (χ2v) is 6.10. The summed E-state index contributed by atoms with van der Waals surface area (Å²) in [5.41, 5.74) is 0.952. The van der Waals surface area contributed by atoms with Crippen molar-refractivity contribution in [3.05, 3.63) is 90.3 Å². The Morgan fingerprint density at radius 2 is 1.77 bits per heavy atom. The molecule has 2 aromatic heterocycles. The second kappa shape index (κ2) is 10.5. The van der Waals surface area contributed by atoms with E-state index in [0.717, 1.165) is 0 Å². The van der Waals surface area contributed by atoms with Crippen molar-refractivity contribution in [1.29, 1.82) is 0 Å². The molecular formula is C22H19FN4O3. The molecule has 0 saturated carbocycles. The maximum Gasteiger partial charge on any atom is 0.252 e. The first-order valence-corrected chi connectivity index (χ1v) is 9.13. The Bertz CT molecular complexity index is 1030. The number of hydrogen-bond donors (Lipinski definition) is 2. The molecule has 2 amide bonds. The normalized spacial score (nSPS) is 10.6. The van der Waals surface area contributed by atoms with Crippen molar-refractivity contribution in [2.45, 2.75) is 0 Å². The van der Waals surface area contributed by atoms with Crippen LogP contribution in [0.15, 0.2) is 73.3 Å². The molecule has 0 unspecified atom stereocenters. The summed E-state index contributed by atoms with van der Waals surface area (Å²) in [4.78, 5) is 31.5. The van der Waals surface area contributed by atoms with Gasteiger partial charge in [-0.15, -0.1) is 0 Å². The van der Waals surface area contributed by atoms with Gasteiger partial charge in [0.1, 0.15) is 5.75 Å². The molecule has 0 aliphatic carbocycles. The van der Waals surface area contributed by atoms with E-state index in [2.05, 4.69) is 20.6 Å². The van der Waals surface area contributed by atoms with E-state index in [1.54, 1.807) is 42.7 Å². The number of carbonyl (C=O) groups is 2. The van der Waals surface area contributed by atoms with E-state index in [0.29, 0.717) is 16.9 Å². The first-order valence-electron chi connectivity index (χ1n) is 9.13. The lowest BCUT2D eigenvalue weighted by Gasteiger charge is -2.07. The highest BCUT2D eigenvalue weighted by Gasteiger charge is 2.06. The van der Waals surface area contributed by atoms with Gasteiger partial charge in [-0.1, -0.05) is 6.07 Å². The molecule has 8 heteroatoms. The molecule has 3 rings (SSSR count). The lowest BCUT2D eigenvalue weighted by molar-refractivity contribution is -0.116. The molecule has 0 spiro atoms. The monoisotopic (exact) mass is 406 g/mol. The van der Waals surface area contributed by atoms with E-state index >= 15 is 0 Å². The molecule has 3 aromatic rings. The van der Waals surface area contributed by atoms with Gasteiger partial charge in [-0.3, -0.25) is 19.6 Å². The molecular weight excluding hydrogens is 387 g/mol. The van der Waals surface area contributed by atoms with Gasteiger partial charge in [0, 0.05) is 37.8 Å². The molecule has 1 aromatic carbocycles. The SMILES string of the molecule is O=C(/C=C/c1ccc(Oc2cccnc2)c(F)c1)NCCNC(=O)c1cccnc1. The Morgan fingerprint density at radius 3 is 2.47 bits per heavy atom. The largest absolute Gasteiger partial charge is 0.453 e. The number of ether oxygens (including phenoxy) is 1. The van der Waals surface area contributed by atoms with Crippen LogP contribution in [0.5, 0.6) is 11.5 Å². The zero-order chi connectivity index (χ0) is 21.2. The van der Waals surface area contributed by atoms with Crippen LogP contribution < -0.4 is 15.4 Å². The minimum Gasteiger partial charge on any atom is -0.453 e. The zero-order valence-electron chi connectivity index (χ0n) is 15.9. The molecule has 0 fully saturated rings. The Hall–Kier alpha value is -4.07. The van der Waals surface area contributed by atoms with Crippen molar-refractivity contribution in [3.8, 4) is 11.5 Å². The van der Waals surface area contributed by atoms with Crippen molar-refractivity contribution in [2.75, 3.05) is 13.1 Å². The smallest absolute Gasteiger partial charge is 0.252 e. The molecule has 152 valence electrons. The van der Waals surface area contributed by atoms with Gasteiger partial charge < -0.3 is 15.4 Å². The molecule has 0 bridgehead atoms. The van der Waals surface area contributed by atoms with Crippen LogP contribution in [-0.4, -0.2) is 34.9 Å². The fourth-order valence-corrected chi connectivity index (χ4v) is 2.43. The topological polar surface area (TPSA) is 93.2 Å². The van der Waals surface area contributed by atoms with Gasteiger partial charge in [0.25, 0.3) is 5.91 Å². The number of hydrogen-bond acceptors (Lipinski definition) is 5. The van der Waals surface area contributed by atoms with E-state index in [1.165, 1.54) is 36.7 Å². The summed E-state index contributed by atoms with van der Waals surface area (Å²) in [5.74, 6) is -0.693. The van der Waals surface area contributed by atoms with Gasteiger partial charge in [0.05, 0.1) is 11.8 Å². The van der Waals surface area contributed by atoms with E-state index in [9.17, 15) is 14.0 Å². The number of benzene rings is 1. The van der Waals surface area contributed by atoms with Gasteiger partial charge >= 0.3 is 0 Å². The first kappa shape index (κ1) is 20.7. The summed E-state index contributed by atoms with van der Waals surface area (Å²) in [6, 6.07) is 11.1. The molecule has 2 N–H and O–H groups in total. The zero-order valence-corrected chi connectivity index (χ0v) is 15.9. The van der Waals surface area contributed by atoms with Crippen LogP contribution in [0, 0.1) is 5.82 Å². The van der Waals surface area contributed by atoms with E-state index in [-0.39, 0.29) is 30.7 Å². The van der Waals surface area contributed by atoms with E-state index in [1.807, 2.05) is 0 Å². The Balaban J connectivity index is 1.44. The van der Waals surface area contributed by atoms with Crippen molar-refractivity contribution < 1.29 is 18.7 Å². The third kappa shape index (κ3) is 6.23. The van der Waals surface area contributed by atoms with Crippen LogP contribution in [0.2, 0.25) is 0 Å². The maximum absolute atomic E-state index is 14.2. The van der Waals surface area contributed by atoms with E-state index < -0.39 is 5.82 Å². The van der Waals surface area contributed by atoms with Gasteiger partial charge in [-0.2, -0.15) is 0 Å². The molecule has 0 radical (unpaired) electrons. The second-order valence-electron chi connectivity index (χ2n) is 6.10. The number of nitrogens with zero attached hydrogens (tertiary/aromatic N) is 2. The number of amides is 2. The summed E-state index contributed by atoms with van der Waals surface area (Å²) in [7, 11) is 0. The van der Waals surface area contributed by atoms with Crippen LogP contribution in [-0.2, 0) is 4.79 Å². The fraction of sp³-hybridized carbons (Fsp3) is 0.0909. The minimum absolute atomic E-state index is 0.0639. The highest BCUT2D eigenvalue weighted by atomic mass is 19.1. The van der Waals surface area contributed by atoms with Crippen molar-refractivity contribution in [2.24, 2.45) is 0 Å². The Kier molecular flexibility index (Phi) is 7.21. The summed E-state index contributed by atoms with van der Waals surface area (Å²) >= 11 is 0. The van der Waals surface area contributed by atoms with Gasteiger partial charge in [0.2, 0.25) is 5.91 Å². The van der Waals surface area contributed by atoms with Gasteiger partial charge in [-0.05, 0) is 48.0 Å². The highest BCUT2D eigenvalue weighted by Crippen LogP contribution is 2.24. The first-order chi connectivity index (χ1) is 14.6. The van der Waals surface area contributed by atoms with Crippen LogP contribution in [0.4, 0.5) is 4.39 Å². The highest BCUT2D eigenvalue weighted by molar-refractivity contribution is 5.94. The molecule has 0 aliphatic rings. The average Bonchev–Trinajstić information content (AvgIpc) is 2.78. The lowest BCUT2D eigenvalue weighted by atomic mass is 10.2. The average molecular weight is 406 g/mol. The van der Waals surface area contributed by atoms with E-state index in [4.69, 9.17) is 4.74 Å².